The van der Waals surface area contributed by atoms with Crippen LogP contribution in [0.4, 0.5) is 5.69 Å². The van der Waals surface area contributed by atoms with E-state index in [1.807, 2.05) is 0 Å². The highest BCUT2D eigenvalue weighted by Gasteiger charge is 2.15. The summed E-state index contributed by atoms with van der Waals surface area (Å²) in [7, 11) is 0. The van der Waals surface area contributed by atoms with Gasteiger partial charge in [-0.25, -0.2) is 0 Å². The Kier molecular flexibility index (Phi) is 5.19. The van der Waals surface area contributed by atoms with Crippen molar-refractivity contribution in [3.63, 3.8) is 0 Å². The highest BCUT2D eigenvalue weighted by atomic mass is 79.9. The number of nitrogens with one attached hydrogen (secondary N) is 1. The summed E-state index contributed by atoms with van der Waals surface area (Å²) < 4.78 is 1.60. The fourth-order valence-corrected chi connectivity index (χ4v) is 4.54. The molecule has 0 bridgehead atoms. The Morgan fingerprint density at radius 3 is 2.60 bits per heavy atom. The Bertz CT molecular complexity index is 703. The van der Waals surface area contributed by atoms with Gasteiger partial charge in [0.1, 0.15) is 4.99 Å². The number of hydrogen-bond donors (Lipinski definition) is 2. The third-order valence-corrected chi connectivity index (χ3v) is 5.30. The van der Waals surface area contributed by atoms with Gasteiger partial charge < -0.3 is 11.1 Å². The van der Waals surface area contributed by atoms with E-state index in [1.54, 1.807) is 24.3 Å². The van der Waals surface area contributed by atoms with Crippen LogP contribution in [-0.2, 0) is 0 Å². The molecule has 1 aromatic carbocycles. The monoisotopic (exact) mass is 452 g/mol. The second kappa shape index (κ2) is 6.53. The SMILES string of the molecule is NC(=S)c1ccc(Cl)c(NC(=O)c2cc(Br)sc2Br)c1. The lowest BCUT2D eigenvalue weighted by Crippen LogP contribution is -2.14. The molecule has 1 heterocycles. The van der Waals surface area contributed by atoms with Crippen LogP contribution in [0.3, 0.4) is 0 Å². The first kappa shape index (κ1) is 15.9. The normalized spacial score (nSPS) is 10.3. The Hall–Kier alpha value is -0.470. The van der Waals surface area contributed by atoms with E-state index in [0.29, 0.717) is 21.8 Å². The minimum Gasteiger partial charge on any atom is -0.389 e. The minimum atomic E-state index is -0.263. The average Bonchev–Trinajstić information content (AvgIpc) is 2.71. The number of rotatable bonds is 3. The zero-order valence-electron chi connectivity index (χ0n) is 9.75. The number of anilines is 1. The molecule has 2 rings (SSSR count). The van der Waals surface area contributed by atoms with Gasteiger partial charge in [0.2, 0.25) is 0 Å². The number of thiophene rings is 1. The second-order valence-electron chi connectivity index (χ2n) is 3.75. The molecule has 0 saturated carbocycles. The summed E-state index contributed by atoms with van der Waals surface area (Å²) in [6, 6.07) is 6.73. The molecule has 2 aromatic rings. The van der Waals surface area contributed by atoms with Crippen molar-refractivity contribution in [2.75, 3.05) is 5.32 Å². The summed E-state index contributed by atoms with van der Waals surface area (Å²) in [5.41, 5.74) is 7.20. The van der Waals surface area contributed by atoms with Gasteiger partial charge in [-0.15, -0.1) is 11.3 Å². The van der Waals surface area contributed by atoms with Gasteiger partial charge in [0.05, 0.1) is 23.8 Å². The molecule has 0 fully saturated rings. The quantitative estimate of drug-likeness (QED) is 0.655. The van der Waals surface area contributed by atoms with E-state index in [-0.39, 0.29) is 10.9 Å². The van der Waals surface area contributed by atoms with Crippen molar-refractivity contribution in [3.05, 3.63) is 48.0 Å². The first-order valence-electron chi connectivity index (χ1n) is 5.24. The predicted molar refractivity (Wildman–Crippen MR) is 95.0 cm³/mol. The zero-order valence-corrected chi connectivity index (χ0v) is 15.3. The number of benzene rings is 1. The number of carbonyl (C=O) groups excluding carboxylic acids is 1. The number of hydrogen-bond acceptors (Lipinski definition) is 3. The lowest BCUT2D eigenvalue weighted by atomic mass is 10.2. The van der Waals surface area contributed by atoms with Gasteiger partial charge in [0.25, 0.3) is 5.91 Å². The maximum Gasteiger partial charge on any atom is 0.257 e. The first-order chi connectivity index (χ1) is 9.38. The summed E-state index contributed by atoms with van der Waals surface area (Å²) >= 11 is 19.1. The molecule has 1 aromatic heterocycles. The highest BCUT2D eigenvalue weighted by Crippen LogP contribution is 2.33. The third-order valence-electron chi connectivity index (χ3n) is 2.40. The number of thiocarbonyl (C=S) groups is 1. The summed E-state index contributed by atoms with van der Waals surface area (Å²) in [5, 5.41) is 3.17. The van der Waals surface area contributed by atoms with Crippen molar-refractivity contribution >= 4 is 83.6 Å². The molecular formula is C12H7Br2ClN2OS2. The van der Waals surface area contributed by atoms with Crippen LogP contribution >= 0.6 is 67.0 Å². The molecule has 0 unspecified atom stereocenters. The molecule has 0 saturated heterocycles. The van der Waals surface area contributed by atoms with Gasteiger partial charge in [-0.1, -0.05) is 29.9 Å². The molecule has 20 heavy (non-hydrogen) atoms. The van der Waals surface area contributed by atoms with Crippen LogP contribution in [-0.4, -0.2) is 10.9 Å². The summed E-state index contributed by atoms with van der Waals surface area (Å²) in [6.45, 7) is 0. The lowest BCUT2D eigenvalue weighted by Gasteiger charge is -2.08. The van der Waals surface area contributed by atoms with E-state index in [2.05, 4.69) is 37.2 Å². The molecular weight excluding hydrogens is 448 g/mol. The first-order valence-corrected chi connectivity index (χ1v) is 8.43. The largest absolute Gasteiger partial charge is 0.389 e. The maximum absolute atomic E-state index is 12.2. The third kappa shape index (κ3) is 3.59. The Balaban J connectivity index is 2.30. The smallest absolute Gasteiger partial charge is 0.257 e. The molecule has 0 atom stereocenters. The molecule has 0 spiro atoms. The number of carbonyl (C=O) groups is 1. The van der Waals surface area contributed by atoms with E-state index >= 15 is 0 Å². The van der Waals surface area contributed by atoms with Crippen molar-refractivity contribution in [2.24, 2.45) is 5.73 Å². The van der Waals surface area contributed by atoms with E-state index in [9.17, 15) is 4.79 Å². The van der Waals surface area contributed by atoms with Gasteiger partial charge in [-0.05, 0) is 50.1 Å². The van der Waals surface area contributed by atoms with Crippen molar-refractivity contribution < 1.29 is 4.79 Å². The molecule has 0 aliphatic rings. The fraction of sp³-hybridized carbons (Fsp3) is 0. The van der Waals surface area contributed by atoms with E-state index < -0.39 is 0 Å². The number of nitrogens with two attached hydrogens (primary N) is 1. The molecule has 104 valence electrons. The molecule has 0 aliphatic carbocycles. The average molecular weight is 455 g/mol. The maximum atomic E-state index is 12.2. The molecule has 1 amide bonds. The van der Waals surface area contributed by atoms with E-state index in [0.717, 1.165) is 7.57 Å². The van der Waals surface area contributed by atoms with Gasteiger partial charge in [0.15, 0.2) is 0 Å². The van der Waals surface area contributed by atoms with Gasteiger partial charge in [-0.2, -0.15) is 0 Å². The van der Waals surface area contributed by atoms with Gasteiger partial charge in [-0.3, -0.25) is 4.79 Å². The van der Waals surface area contributed by atoms with E-state index in [4.69, 9.17) is 29.6 Å². The highest BCUT2D eigenvalue weighted by molar-refractivity contribution is 9.12. The van der Waals surface area contributed by atoms with Gasteiger partial charge in [0, 0.05) is 5.56 Å². The molecule has 3 N–H and O–H groups in total. The molecule has 0 aliphatic heterocycles. The number of amides is 1. The van der Waals surface area contributed by atoms with Crippen LogP contribution in [0.2, 0.25) is 5.02 Å². The second-order valence-corrected chi connectivity index (χ2v) is 8.35. The number of halogens is 3. The summed E-state index contributed by atoms with van der Waals surface area (Å²) in [4.78, 5) is 12.5. The Morgan fingerprint density at radius 2 is 2.05 bits per heavy atom. The molecule has 8 heteroatoms. The van der Waals surface area contributed by atoms with E-state index in [1.165, 1.54) is 11.3 Å². The van der Waals surface area contributed by atoms with Crippen LogP contribution in [0, 0.1) is 0 Å². The van der Waals surface area contributed by atoms with Crippen molar-refractivity contribution in [1.29, 1.82) is 0 Å². The topological polar surface area (TPSA) is 55.1 Å². The summed E-state index contributed by atoms with van der Waals surface area (Å²) in [6.07, 6.45) is 0. The van der Waals surface area contributed by atoms with Crippen LogP contribution in [0.15, 0.2) is 31.8 Å². The van der Waals surface area contributed by atoms with Gasteiger partial charge >= 0.3 is 0 Å². The molecule has 0 radical (unpaired) electrons. The van der Waals surface area contributed by atoms with Crippen molar-refractivity contribution in [1.82, 2.24) is 0 Å². The zero-order chi connectivity index (χ0) is 14.9. The predicted octanol–water partition coefficient (Wildman–Crippen LogP) is 4.81. The standard InChI is InChI=1S/C12H7Br2ClN2OS2/c13-9-4-6(10(14)20-9)12(18)17-8-3-5(11(16)19)1-2-7(8)15/h1-4H,(H2,16,19)(H,17,18). The van der Waals surface area contributed by atoms with Crippen molar-refractivity contribution in [2.45, 2.75) is 0 Å². The van der Waals surface area contributed by atoms with Crippen LogP contribution < -0.4 is 11.1 Å². The lowest BCUT2D eigenvalue weighted by molar-refractivity contribution is 0.102. The minimum absolute atomic E-state index is 0.247. The van der Waals surface area contributed by atoms with Crippen LogP contribution in [0.25, 0.3) is 0 Å². The fourth-order valence-electron chi connectivity index (χ4n) is 1.46. The van der Waals surface area contributed by atoms with Crippen molar-refractivity contribution in [3.8, 4) is 0 Å². The van der Waals surface area contributed by atoms with Crippen LogP contribution in [0.5, 0.6) is 0 Å². The Labute approximate surface area is 146 Å². The molecule has 3 nitrogen and oxygen atoms in total. The summed E-state index contributed by atoms with van der Waals surface area (Å²) in [5.74, 6) is -0.263. The van der Waals surface area contributed by atoms with Crippen LogP contribution in [0.1, 0.15) is 15.9 Å². The Morgan fingerprint density at radius 1 is 1.35 bits per heavy atom.